The molecule has 4 aromatic rings. The van der Waals surface area contributed by atoms with E-state index in [0.29, 0.717) is 29.2 Å². The second-order valence-electron chi connectivity index (χ2n) is 7.85. The number of nitrogens with two attached hydrogens (primary N) is 1. The first-order valence-corrected chi connectivity index (χ1v) is 11.4. The van der Waals surface area contributed by atoms with Crippen LogP contribution in [-0.2, 0) is 11.3 Å². The van der Waals surface area contributed by atoms with E-state index < -0.39 is 12.0 Å². The van der Waals surface area contributed by atoms with Crippen molar-refractivity contribution in [3.63, 3.8) is 0 Å². The van der Waals surface area contributed by atoms with Crippen LogP contribution in [0.2, 0.25) is 0 Å². The fourth-order valence-corrected chi connectivity index (χ4v) is 4.06. The minimum absolute atomic E-state index is 0.305. The van der Waals surface area contributed by atoms with Crippen LogP contribution in [0, 0.1) is 0 Å². The molecule has 0 saturated heterocycles. The van der Waals surface area contributed by atoms with Crippen molar-refractivity contribution in [3.8, 4) is 17.0 Å². The lowest BCUT2D eigenvalue weighted by Crippen LogP contribution is -2.19. The number of hydrogen-bond acceptors (Lipinski definition) is 5. The van der Waals surface area contributed by atoms with Gasteiger partial charge in [0.15, 0.2) is 0 Å². The highest BCUT2D eigenvalue weighted by molar-refractivity contribution is 6.03. The van der Waals surface area contributed by atoms with Crippen molar-refractivity contribution in [2.75, 3.05) is 30.1 Å². The minimum atomic E-state index is -0.403. The Hall–Kier alpha value is -4.46. The molecular weight excluding hydrogens is 444 g/mol. The molecule has 0 fully saturated rings. The lowest BCUT2D eigenvalue weighted by Gasteiger charge is -2.12. The number of urea groups is 1. The number of aromatic nitrogens is 1. The first-order chi connectivity index (χ1) is 16.9. The number of aryl methyl sites for hydroxylation is 1. The van der Waals surface area contributed by atoms with Crippen LogP contribution in [0.1, 0.15) is 24.2 Å². The summed E-state index contributed by atoms with van der Waals surface area (Å²) < 4.78 is 12.5. The second-order valence-corrected chi connectivity index (χ2v) is 7.85. The maximum atomic E-state index is 12.6. The number of nitrogens with zero attached hydrogens (tertiary/aromatic N) is 1. The van der Waals surface area contributed by atoms with Gasteiger partial charge in [0, 0.05) is 34.9 Å². The molecule has 0 spiro atoms. The van der Waals surface area contributed by atoms with Gasteiger partial charge in [0.1, 0.15) is 5.75 Å². The zero-order chi connectivity index (χ0) is 24.9. The van der Waals surface area contributed by atoms with Crippen LogP contribution >= 0.6 is 0 Å². The van der Waals surface area contributed by atoms with Crippen LogP contribution in [0.15, 0.2) is 66.7 Å². The third-order valence-corrected chi connectivity index (χ3v) is 5.67. The summed E-state index contributed by atoms with van der Waals surface area (Å²) in [5.41, 5.74) is 11.6. The average Bonchev–Trinajstić information content (AvgIpc) is 3.15. The monoisotopic (exact) mass is 472 g/mol. The number of nitrogen functional groups attached to an aromatic ring is 1. The van der Waals surface area contributed by atoms with E-state index in [0.717, 1.165) is 34.5 Å². The lowest BCUT2D eigenvalue weighted by atomic mass is 10.1. The summed E-state index contributed by atoms with van der Waals surface area (Å²) in [5, 5.41) is 6.57. The maximum Gasteiger partial charge on any atom is 0.338 e. The number of nitrogens with one attached hydrogen (secondary N) is 2. The third kappa shape index (κ3) is 4.91. The van der Waals surface area contributed by atoms with Gasteiger partial charge >= 0.3 is 12.0 Å². The highest BCUT2D eigenvalue weighted by Gasteiger charge is 2.17. The zero-order valence-corrected chi connectivity index (χ0v) is 19.9. The Labute approximate surface area is 203 Å². The second kappa shape index (κ2) is 10.2. The molecule has 4 N–H and O–H groups in total. The van der Waals surface area contributed by atoms with Crippen LogP contribution in [0.3, 0.4) is 0 Å². The summed E-state index contributed by atoms with van der Waals surface area (Å²) in [7, 11) is 1.64. The highest BCUT2D eigenvalue weighted by atomic mass is 16.5. The number of rotatable bonds is 7. The predicted molar refractivity (Wildman–Crippen MR) is 139 cm³/mol. The summed E-state index contributed by atoms with van der Waals surface area (Å²) in [5.74, 6) is 0.362. The number of amides is 2. The van der Waals surface area contributed by atoms with Crippen LogP contribution in [0.4, 0.5) is 21.9 Å². The first-order valence-electron chi connectivity index (χ1n) is 11.4. The number of methoxy groups -OCH3 is 1. The zero-order valence-electron chi connectivity index (χ0n) is 19.9. The van der Waals surface area contributed by atoms with Crippen LogP contribution in [0.5, 0.6) is 5.75 Å². The molecule has 180 valence electrons. The largest absolute Gasteiger partial charge is 0.497 e. The normalized spacial score (nSPS) is 10.7. The fourth-order valence-electron chi connectivity index (χ4n) is 4.06. The number of carbonyl (C=O) groups is 2. The molecule has 8 nitrogen and oxygen atoms in total. The molecule has 0 aliphatic carbocycles. The van der Waals surface area contributed by atoms with E-state index in [9.17, 15) is 9.59 Å². The van der Waals surface area contributed by atoms with Gasteiger partial charge in [-0.15, -0.1) is 0 Å². The molecule has 0 bridgehead atoms. The number of benzene rings is 3. The fraction of sp³-hybridized carbons (Fsp3) is 0.185. The maximum absolute atomic E-state index is 12.6. The molecule has 4 rings (SSSR count). The summed E-state index contributed by atoms with van der Waals surface area (Å²) in [6.45, 7) is 4.83. The van der Waals surface area contributed by atoms with Gasteiger partial charge in [-0.1, -0.05) is 12.1 Å². The molecule has 0 aliphatic rings. The summed E-state index contributed by atoms with van der Waals surface area (Å²) in [6.07, 6.45) is 0. The number of ether oxygens (including phenoxy) is 2. The Bertz CT molecular complexity index is 1380. The molecule has 0 unspecified atom stereocenters. The third-order valence-electron chi connectivity index (χ3n) is 5.67. The molecule has 1 aromatic heterocycles. The van der Waals surface area contributed by atoms with Gasteiger partial charge in [-0.25, -0.2) is 9.59 Å². The number of fused-ring (bicyclic) bond motifs is 1. The number of carbonyl (C=O) groups excluding carboxylic acids is 2. The molecule has 0 aliphatic heterocycles. The van der Waals surface area contributed by atoms with Crippen molar-refractivity contribution >= 4 is 40.0 Å². The summed E-state index contributed by atoms with van der Waals surface area (Å²) >= 11 is 0. The molecule has 1 heterocycles. The molecule has 35 heavy (non-hydrogen) atoms. The molecule has 2 amide bonds. The van der Waals surface area contributed by atoms with Gasteiger partial charge < -0.3 is 30.4 Å². The average molecular weight is 473 g/mol. The number of anilines is 3. The lowest BCUT2D eigenvalue weighted by molar-refractivity contribution is 0.0526. The number of hydrogen-bond donors (Lipinski definition) is 3. The van der Waals surface area contributed by atoms with E-state index in [2.05, 4.69) is 22.1 Å². The van der Waals surface area contributed by atoms with Crippen molar-refractivity contribution in [1.29, 1.82) is 0 Å². The Morgan fingerprint density at radius 3 is 2.37 bits per heavy atom. The summed E-state index contributed by atoms with van der Waals surface area (Å²) in [4.78, 5) is 24.4. The minimum Gasteiger partial charge on any atom is -0.497 e. The van der Waals surface area contributed by atoms with Gasteiger partial charge in [0.05, 0.1) is 36.2 Å². The Morgan fingerprint density at radius 1 is 0.943 bits per heavy atom. The highest BCUT2D eigenvalue weighted by Crippen LogP contribution is 2.38. The predicted octanol–water partition coefficient (Wildman–Crippen LogP) is 5.74. The molecule has 0 radical (unpaired) electrons. The smallest absolute Gasteiger partial charge is 0.338 e. The molecular formula is C27H28N4O4. The Balaban J connectivity index is 1.55. The van der Waals surface area contributed by atoms with Crippen molar-refractivity contribution in [2.45, 2.75) is 20.4 Å². The van der Waals surface area contributed by atoms with E-state index in [4.69, 9.17) is 15.2 Å². The van der Waals surface area contributed by atoms with Crippen molar-refractivity contribution in [2.24, 2.45) is 0 Å². The topological polar surface area (TPSA) is 108 Å². The van der Waals surface area contributed by atoms with E-state index in [1.165, 1.54) is 0 Å². The number of esters is 1. The van der Waals surface area contributed by atoms with E-state index >= 15 is 0 Å². The van der Waals surface area contributed by atoms with Gasteiger partial charge in [-0.3, -0.25) is 0 Å². The first kappa shape index (κ1) is 23.7. The van der Waals surface area contributed by atoms with Crippen LogP contribution in [-0.4, -0.2) is 30.3 Å². The molecule has 0 saturated carbocycles. The molecule has 0 atom stereocenters. The van der Waals surface area contributed by atoms with Crippen molar-refractivity contribution in [3.05, 3.63) is 72.3 Å². The summed E-state index contributed by atoms with van der Waals surface area (Å²) in [6, 6.07) is 19.5. The van der Waals surface area contributed by atoms with Crippen LogP contribution in [0.25, 0.3) is 22.2 Å². The molecule has 3 aromatic carbocycles. The Kier molecular flexibility index (Phi) is 6.91. The quantitative estimate of drug-likeness (QED) is 0.297. The van der Waals surface area contributed by atoms with Crippen LogP contribution < -0.4 is 21.1 Å². The van der Waals surface area contributed by atoms with Crippen molar-refractivity contribution in [1.82, 2.24) is 4.57 Å². The van der Waals surface area contributed by atoms with Gasteiger partial charge in [0.25, 0.3) is 0 Å². The SMILES string of the molecule is CCOC(=O)c1ccc(NC(=O)Nc2cccc(-c3c(N)c4ccc(OC)cc4n3CC)c2)cc1. The molecule has 8 heteroatoms. The van der Waals surface area contributed by atoms with E-state index in [-0.39, 0.29) is 0 Å². The van der Waals surface area contributed by atoms with Gasteiger partial charge in [-0.05, 0) is 62.4 Å². The Morgan fingerprint density at radius 2 is 1.69 bits per heavy atom. The van der Waals surface area contributed by atoms with Gasteiger partial charge in [0.2, 0.25) is 0 Å². The van der Waals surface area contributed by atoms with E-state index in [1.807, 2.05) is 42.5 Å². The standard InChI is InChI=1S/C27H28N4O4/c1-4-31-23-16-21(34-3)13-14-22(23)24(28)25(31)18-7-6-8-20(15-18)30-27(33)29-19-11-9-17(10-12-19)26(32)35-5-2/h6-16H,4-5,28H2,1-3H3,(H2,29,30,33). The van der Waals surface area contributed by atoms with E-state index in [1.54, 1.807) is 38.3 Å². The van der Waals surface area contributed by atoms with Gasteiger partial charge in [-0.2, -0.15) is 0 Å². The van der Waals surface area contributed by atoms with Crippen molar-refractivity contribution < 1.29 is 19.1 Å².